The zero-order valence-electron chi connectivity index (χ0n) is 16.7. The first-order valence-electron chi connectivity index (χ1n) is 9.02. The number of benzene rings is 2. The predicted octanol–water partition coefficient (Wildman–Crippen LogP) is 3.66. The number of hydrogen-bond donors (Lipinski definition) is 1. The maximum atomic E-state index is 12.7. The molecule has 0 radical (unpaired) electrons. The van der Waals surface area contributed by atoms with E-state index in [1.807, 2.05) is 43.0 Å². The smallest absolute Gasteiger partial charge is 0.337 e. The molecule has 3 rings (SSSR count). The average molecular weight is 410 g/mol. The van der Waals surface area contributed by atoms with Crippen LogP contribution in [-0.4, -0.2) is 31.3 Å². The second-order valence-corrected chi connectivity index (χ2v) is 7.05. The lowest BCUT2D eigenvalue weighted by Gasteiger charge is -2.37. The number of rotatable bonds is 4. The van der Waals surface area contributed by atoms with Crippen LogP contribution in [0.3, 0.4) is 0 Å². The van der Waals surface area contributed by atoms with Gasteiger partial charge < -0.3 is 14.8 Å². The van der Waals surface area contributed by atoms with Gasteiger partial charge in [0.25, 0.3) is 0 Å². The molecule has 150 valence electrons. The van der Waals surface area contributed by atoms with E-state index in [0.29, 0.717) is 21.9 Å². The Kier molecular flexibility index (Phi) is 5.98. The summed E-state index contributed by atoms with van der Waals surface area (Å²) in [4.78, 5) is 26.2. The quantitative estimate of drug-likeness (QED) is 0.609. The zero-order valence-corrected chi connectivity index (χ0v) is 17.5. The molecule has 6 nitrogen and oxygen atoms in total. The molecule has 2 aromatic rings. The lowest BCUT2D eigenvalue weighted by atomic mass is 9.94. The van der Waals surface area contributed by atoms with Crippen molar-refractivity contribution >= 4 is 35.0 Å². The summed E-state index contributed by atoms with van der Waals surface area (Å²) in [5.74, 6) is -0.869. The molecule has 1 atom stereocenters. The molecule has 0 saturated carbocycles. The molecule has 1 aliphatic rings. The zero-order chi connectivity index (χ0) is 21.1. The van der Waals surface area contributed by atoms with Crippen molar-refractivity contribution in [1.82, 2.24) is 5.32 Å². The van der Waals surface area contributed by atoms with Gasteiger partial charge in [-0.2, -0.15) is 0 Å². The SMILES string of the molecule is COC(=O)C1=C(C)N(c2cccc(C)c2)C(=S)N[C@@H]1c1ccc(C(=O)OC)cc1. The van der Waals surface area contributed by atoms with Crippen molar-refractivity contribution in [2.75, 3.05) is 19.1 Å². The van der Waals surface area contributed by atoms with Crippen molar-refractivity contribution in [3.05, 3.63) is 76.5 Å². The molecule has 0 bridgehead atoms. The highest BCUT2D eigenvalue weighted by Crippen LogP contribution is 2.34. The van der Waals surface area contributed by atoms with Crippen molar-refractivity contribution in [1.29, 1.82) is 0 Å². The minimum absolute atomic E-state index is 0.422. The van der Waals surface area contributed by atoms with E-state index in [4.69, 9.17) is 21.7 Å². The molecule has 29 heavy (non-hydrogen) atoms. The summed E-state index contributed by atoms with van der Waals surface area (Å²) >= 11 is 5.62. The number of esters is 2. The number of nitrogens with one attached hydrogen (secondary N) is 1. The lowest BCUT2D eigenvalue weighted by Crippen LogP contribution is -2.48. The lowest BCUT2D eigenvalue weighted by molar-refractivity contribution is -0.136. The van der Waals surface area contributed by atoms with Crippen LogP contribution in [0.5, 0.6) is 0 Å². The number of aryl methyl sites for hydroxylation is 1. The number of carbonyl (C=O) groups is 2. The van der Waals surface area contributed by atoms with E-state index in [9.17, 15) is 9.59 Å². The van der Waals surface area contributed by atoms with Crippen LogP contribution in [0.25, 0.3) is 0 Å². The molecule has 0 spiro atoms. The number of thiocarbonyl (C=S) groups is 1. The standard InChI is InChI=1S/C22H22N2O4S/c1-13-6-5-7-17(12-13)24-14(2)18(21(26)28-4)19(23-22(24)29)15-8-10-16(11-9-15)20(25)27-3/h5-12,19H,1-4H3,(H,23,29)/t19-/m1/s1. The number of nitrogens with zero attached hydrogens (tertiary/aromatic N) is 1. The molecule has 1 heterocycles. The average Bonchev–Trinajstić information content (AvgIpc) is 2.72. The Morgan fingerprint density at radius 3 is 2.24 bits per heavy atom. The number of carbonyl (C=O) groups excluding carboxylic acids is 2. The third kappa shape index (κ3) is 4.00. The van der Waals surface area contributed by atoms with Crippen LogP contribution >= 0.6 is 12.2 Å². The Balaban J connectivity index is 2.08. The van der Waals surface area contributed by atoms with Crippen molar-refractivity contribution in [3.63, 3.8) is 0 Å². The topological polar surface area (TPSA) is 67.9 Å². The highest BCUT2D eigenvalue weighted by molar-refractivity contribution is 7.80. The first-order chi connectivity index (χ1) is 13.9. The number of hydrogen-bond acceptors (Lipinski definition) is 5. The van der Waals surface area contributed by atoms with Gasteiger partial charge in [-0.1, -0.05) is 24.3 Å². The van der Waals surface area contributed by atoms with Crippen LogP contribution in [0, 0.1) is 6.92 Å². The van der Waals surface area contributed by atoms with E-state index in [0.717, 1.165) is 16.8 Å². The molecule has 7 heteroatoms. The van der Waals surface area contributed by atoms with Gasteiger partial charge >= 0.3 is 11.9 Å². The van der Waals surface area contributed by atoms with E-state index in [2.05, 4.69) is 5.32 Å². The van der Waals surface area contributed by atoms with Crippen LogP contribution in [0.4, 0.5) is 5.69 Å². The summed E-state index contributed by atoms with van der Waals surface area (Å²) in [7, 11) is 2.68. The maximum Gasteiger partial charge on any atom is 0.337 e. The fourth-order valence-electron chi connectivity index (χ4n) is 3.37. The summed E-state index contributed by atoms with van der Waals surface area (Å²) in [5.41, 5.74) is 4.29. The molecule has 0 amide bonds. The largest absolute Gasteiger partial charge is 0.466 e. The molecule has 0 fully saturated rings. The third-order valence-corrected chi connectivity index (χ3v) is 5.12. The van der Waals surface area contributed by atoms with Gasteiger partial charge in [0.05, 0.1) is 31.4 Å². The molecule has 0 unspecified atom stereocenters. The van der Waals surface area contributed by atoms with Crippen molar-refractivity contribution in [2.24, 2.45) is 0 Å². The van der Waals surface area contributed by atoms with Crippen LogP contribution in [0.1, 0.15) is 34.5 Å². The van der Waals surface area contributed by atoms with Gasteiger partial charge in [0, 0.05) is 11.4 Å². The Labute approximate surface area is 175 Å². The van der Waals surface area contributed by atoms with Gasteiger partial charge in [0.1, 0.15) is 0 Å². The fraction of sp³-hybridized carbons (Fsp3) is 0.227. The first-order valence-corrected chi connectivity index (χ1v) is 9.42. The van der Waals surface area contributed by atoms with Crippen LogP contribution in [0.15, 0.2) is 59.8 Å². The van der Waals surface area contributed by atoms with Gasteiger partial charge in [-0.3, -0.25) is 4.90 Å². The van der Waals surface area contributed by atoms with Crippen LogP contribution in [-0.2, 0) is 14.3 Å². The van der Waals surface area contributed by atoms with Gasteiger partial charge in [-0.25, -0.2) is 9.59 Å². The van der Waals surface area contributed by atoms with E-state index in [1.54, 1.807) is 24.3 Å². The molecular weight excluding hydrogens is 388 g/mol. The molecule has 0 saturated heterocycles. The summed E-state index contributed by atoms with van der Waals surface area (Å²) in [6, 6.07) is 14.2. The summed E-state index contributed by atoms with van der Waals surface area (Å²) in [5, 5.41) is 3.72. The van der Waals surface area contributed by atoms with E-state index in [1.165, 1.54) is 14.2 Å². The number of allylic oxidation sites excluding steroid dienone is 1. The second-order valence-electron chi connectivity index (χ2n) is 6.66. The number of methoxy groups -OCH3 is 2. The Hall–Kier alpha value is -3.19. The second kappa shape index (κ2) is 8.45. The summed E-state index contributed by atoms with van der Waals surface area (Å²) in [6.45, 7) is 3.84. The number of ether oxygens (including phenoxy) is 2. The Bertz CT molecular complexity index is 998. The molecule has 1 aliphatic heterocycles. The third-order valence-electron chi connectivity index (χ3n) is 4.82. The minimum atomic E-state index is -0.497. The maximum absolute atomic E-state index is 12.7. The van der Waals surface area contributed by atoms with Crippen molar-refractivity contribution in [2.45, 2.75) is 19.9 Å². The molecule has 1 N–H and O–H groups in total. The van der Waals surface area contributed by atoms with E-state index >= 15 is 0 Å². The minimum Gasteiger partial charge on any atom is -0.466 e. The first kappa shape index (κ1) is 20.5. The normalized spacial score (nSPS) is 16.3. The van der Waals surface area contributed by atoms with Gasteiger partial charge in [-0.05, 0) is 61.5 Å². The summed E-state index contributed by atoms with van der Waals surface area (Å²) in [6.07, 6.45) is 0. The van der Waals surface area contributed by atoms with Crippen LogP contribution in [0.2, 0.25) is 0 Å². The Morgan fingerprint density at radius 1 is 1.00 bits per heavy atom. The van der Waals surface area contributed by atoms with E-state index < -0.39 is 18.0 Å². The number of anilines is 1. The molecule has 0 aliphatic carbocycles. The summed E-state index contributed by atoms with van der Waals surface area (Å²) < 4.78 is 9.79. The highest BCUT2D eigenvalue weighted by Gasteiger charge is 2.35. The molecule has 0 aromatic heterocycles. The monoisotopic (exact) mass is 410 g/mol. The van der Waals surface area contributed by atoms with Crippen LogP contribution < -0.4 is 10.2 Å². The van der Waals surface area contributed by atoms with Crippen molar-refractivity contribution in [3.8, 4) is 0 Å². The van der Waals surface area contributed by atoms with Gasteiger partial charge in [0.2, 0.25) is 0 Å². The highest BCUT2D eigenvalue weighted by atomic mass is 32.1. The Morgan fingerprint density at radius 2 is 1.66 bits per heavy atom. The van der Waals surface area contributed by atoms with E-state index in [-0.39, 0.29) is 0 Å². The molecular formula is C22H22N2O4S. The van der Waals surface area contributed by atoms with Gasteiger partial charge in [-0.15, -0.1) is 0 Å². The molecule has 2 aromatic carbocycles. The fourth-order valence-corrected chi connectivity index (χ4v) is 3.74. The van der Waals surface area contributed by atoms with Crippen molar-refractivity contribution < 1.29 is 19.1 Å². The van der Waals surface area contributed by atoms with Gasteiger partial charge in [0.15, 0.2) is 5.11 Å². The predicted molar refractivity (Wildman–Crippen MR) is 115 cm³/mol.